The Balaban J connectivity index is 1.49. The highest BCUT2D eigenvalue weighted by Crippen LogP contribution is 2.28. The summed E-state index contributed by atoms with van der Waals surface area (Å²) >= 11 is 0. The fourth-order valence-electron chi connectivity index (χ4n) is 3.96. The average Bonchev–Trinajstić information content (AvgIpc) is 2.87. The van der Waals surface area contributed by atoms with Gasteiger partial charge in [0.25, 0.3) is 0 Å². The number of hydrogen-bond acceptors (Lipinski definition) is 1. The van der Waals surface area contributed by atoms with Gasteiger partial charge in [0, 0.05) is 16.7 Å². The number of halogens is 2. The molecule has 1 aromatic heterocycles. The van der Waals surface area contributed by atoms with E-state index in [2.05, 4.69) is 36.4 Å². The van der Waals surface area contributed by atoms with Crippen LogP contribution in [0, 0.1) is 11.6 Å². The van der Waals surface area contributed by atoms with Crippen molar-refractivity contribution in [1.82, 2.24) is 4.98 Å². The molecule has 5 rings (SSSR count). The van der Waals surface area contributed by atoms with E-state index < -0.39 is 11.6 Å². The summed E-state index contributed by atoms with van der Waals surface area (Å²) < 4.78 is 27.7. The lowest BCUT2D eigenvalue weighted by Gasteiger charge is -2.11. The molecule has 0 aliphatic heterocycles. The lowest BCUT2D eigenvalue weighted by Crippen LogP contribution is -1.95. The molecule has 0 bridgehead atoms. The van der Waals surface area contributed by atoms with Crippen LogP contribution < -0.4 is 0 Å². The largest absolute Gasteiger partial charge is 0.248 e. The van der Waals surface area contributed by atoms with Gasteiger partial charge in [0.05, 0.1) is 11.4 Å². The smallest absolute Gasteiger partial charge is 0.131 e. The molecular formula is C30H21F2N. The van der Waals surface area contributed by atoms with Crippen LogP contribution in [0.15, 0.2) is 115 Å². The van der Waals surface area contributed by atoms with Crippen LogP contribution in [0.25, 0.3) is 33.6 Å². The monoisotopic (exact) mass is 433 g/mol. The van der Waals surface area contributed by atoms with Crippen molar-refractivity contribution < 1.29 is 8.78 Å². The summed E-state index contributed by atoms with van der Waals surface area (Å²) in [6, 6.07) is 35.6. The van der Waals surface area contributed by atoms with Crippen LogP contribution in [0.5, 0.6) is 0 Å². The maximum Gasteiger partial charge on any atom is 0.131 e. The molecule has 0 aliphatic carbocycles. The van der Waals surface area contributed by atoms with Gasteiger partial charge in [0.2, 0.25) is 0 Å². The number of rotatable bonds is 5. The Morgan fingerprint density at radius 2 is 1.09 bits per heavy atom. The predicted molar refractivity (Wildman–Crippen MR) is 130 cm³/mol. The van der Waals surface area contributed by atoms with E-state index >= 15 is 0 Å². The quantitative estimate of drug-likeness (QED) is 0.274. The van der Waals surface area contributed by atoms with E-state index in [0.717, 1.165) is 45.8 Å². The molecule has 1 nitrogen and oxygen atoms in total. The van der Waals surface area contributed by atoms with Gasteiger partial charge in [-0.1, -0.05) is 84.9 Å². The van der Waals surface area contributed by atoms with Gasteiger partial charge in [-0.25, -0.2) is 13.8 Å². The molecule has 5 aromatic rings. The summed E-state index contributed by atoms with van der Waals surface area (Å²) in [6.07, 6.45) is 0.702. The van der Waals surface area contributed by atoms with Crippen molar-refractivity contribution >= 4 is 0 Å². The van der Waals surface area contributed by atoms with E-state index in [0.29, 0.717) is 12.0 Å². The first-order valence-corrected chi connectivity index (χ1v) is 10.8. The van der Waals surface area contributed by atoms with Gasteiger partial charge in [-0.3, -0.25) is 0 Å². The Kier molecular flexibility index (Phi) is 5.77. The van der Waals surface area contributed by atoms with Crippen LogP contribution in [-0.4, -0.2) is 4.98 Å². The minimum atomic E-state index is -0.450. The summed E-state index contributed by atoms with van der Waals surface area (Å²) in [5.74, 6) is -0.882. The van der Waals surface area contributed by atoms with Crippen LogP contribution in [-0.2, 0) is 6.42 Å². The molecule has 160 valence electrons. The van der Waals surface area contributed by atoms with E-state index in [1.807, 2.05) is 60.7 Å². The minimum absolute atomic E-state index is 0.267. The van der Waals surface area contributed by atoms with Crippen molar-refractivity contribution in [1.29, 1.82) is 0 Å². The van der Waals surface area contributed by atoms with Crippen molar-refractivity contribution in [3.8, 4) is 33.6 Å². The maximum absolute atomic E-state index is 14.1. The molecule has 0 atom stereocenters. The lowest BCUT2D eigenvalue weighted by atomic mass is 9.98. The van der Waals surface area contributed by atoms with Crippen LogP contribution in [0.4, 0.5) is 8.78 Å². The molecule has 1 heterocycles. The van der Waals surface area contributed by atoms with Gasteiger partial charge < -0.3 is 0 Å². The van der Waals surface area contributed by atoms with E-state index in [9.17, 15) is 8.78 Å². The number of benzene rings is 4. The molecule has 0 radical (unpaired) electrons. The van der Waals surface area contributed by atoms with Gasteiger partial charge in [0.15, 0.2) is 0 Å². The first-order valence-electron chi connectivity index (χ1n) is 10.8. The lowest BCUT2D eigenvalue weighted by molar-refractivity contribution is 0.603. The molecule has 3 heteroatoms. The fraction of sp³-hybridized carbons (Fsp3) is 0.0333. The Morgan fingerprint density at radius 3 is 1.67 bits per heavy atom. The van der Waals surface area contributed by atoms with Gasteiger partial charge in [0.1, 0.15) is 11.6 Å². The predicted octanol–water partition coefficient (Wildman–Crippen LogP) is 7.95. The Labute approximate surface area is 192 Å². The second-order valence-electron chi connectivity index (χ2n) is 7.98. The average molecular weight is 434 g/mol. The van der Waals surface area contributed by atoms with Gasteiger partial charge in [-0.15, -0.1) is 0 Å². The van der Waals surface area contributed by atoms with Crippen LogP contribution >= 0.6 is 0 Å². The van der Waals surface area contributed by atoms with E-state index in [-0.39, 0.29) is 5.56 Å². The third-order valence-electron chi connectivity index (χ3n) is 5.63. The molecule has 0 spiro atoms. The molecule has 33 heavy (non-hydrogen) atoms. The minimum Gasteiger partial charge on any atom is -0.248 e. The molecule has 0 aliphatic rings. The van der Waals surface area contributed by atoms with E-state index in [4.69, 9.17) is 4.98 Å². The highest BCUT2D eigenvalue weighted by Gasteiger charge is 2.10. The molecule has 0 amide bonds. The summed E-state index contributed by atoms with van der Waals surface area (Å²) in [5, 5.41) is 0. The summed E-state index contributed by atoms with van der Waals surface area (Å²) in [7, 11) is 0. The molecule has 0 N–H and O–H groups in total. The fourth-order valence-corrected chi connectivity index (χ4v) is 3.96. The highest BCUT2D eigenvalue weighted by atomic mass is 19.1. The van der Waals surface area contributed by atoms with E-state index in [1.54, 1.807) is 0 Å². The summed E-state index contributed by atoms with van der Waals surface area (Å²) in [4.78, 5) is 4.91. The van der Waals surface area contributed by atoms with E-state index in [1.165, 1.54) is 6.07 Å². The highest BCUT2D eigenvalue weighted by molar-refractivity contribution is 5.68. The Morgan fingerprint density at radius 1 is 0.515 bits per heavy atom. The SMILES string of the molecule is Fc1ccc(F)c(-c2ccc(Cc3cc(-c4ccccc4)nc(-c4ccccc4)c3)cc2)c1. The van der Waals surface area contributed by atoms with Gasteiger partial charge in [-0.05, 0) is 53.4 Å². The number of hydrogen-bond donors (Lipinski definition) is 0. The number of nitrogens with zero attached hydrogens (tertiary/aromatic N) is 1. The zero-order valence-electron chi connectivity index (χ0n) is 17.9. The van der Waals surface area contributed by atoms with Crippen LogP contribution in [0.2, 0.25) is 0 Å². The second kappa shape index (κ2) is 9.17. The maximum atomic E-state index is 14.1. The van der Waals surface area contributed by atoms with Crippen molar-refractivity contribution in [3.63, 3.8) is 0 Å². The standard InChI is InChI=1S/C30H21F2N/c31-26-15-16-28(32)27(20-26)23-13-11-21(12-14-23)17-22-18-29(24-7-3-1-4-8-24)33-30(19-22)25-9-5-2-6-10-25/h1-16,18-20H,17H2. The first-order chi connectivity index (χ1) is 16.2. The molecule has 0 fully saturated rings. The summed E-state index contributed by atoms with van der Waals surface area (Å²) in [5.41, 5.74) is 7.11. The first kappa shape index (κ1) is 20.8. The summed E-state index contributed by atoms with van der Waals surface area (Å²) in [6.45, 7) is 0. The van der Waals surface area contributed by atoms with Crippen molar-refractivity contribution in [2.24, 2.45) is 0 Å². The molecule has 0 saturated carbocycles. The second-order valence-corrected chi connectivity index (χ2v) is 7.98. The van der Waals surface area contributed by atoms with Gasteiger partial charge >= 0.3 is 0 Å². The van der Waals surface area contributed by atoms with Crippen LogP contribution in [0.1, 0.15) is 11.1 Å². The zero-order valence-corrected chi connectivity index (χ0v) is 17.9. The van der Waals surface area contributed by atoms with Crippen molar-refractivity contribution in [2.75, 3.05) is 0 Å². The Bertz CT molecular complexity index is 1320. The molecule has 4 aromatic carbocycles. The van der Waals surface area contributed by atoms with Crippen molar-refractivity contribution in [3.05, 3.63) is 138 Å². The zero-order chi connectivity index (χ0) is 22.6. The topological polar surface area (TPSA) is 12.9 Å². The third-order valence-corrected chi connectivity index (χ3v) is 5.63. The molecule has 0 unspecified atom stereocenters. The van der Waals surface area contributed by atoms with Gasteiger partial charge in [-0.2, -0.15) is 0 Å². The number of aromatic nitrogens is 1. The molecule has 0 saturated heterocycles. The van der Waals surface area contributed by atoms with Crippen LogP contribution in [0.3, 0.4) is 0 Å². The van der Waals surface area contributed by atoms with Crippen molar-refractivity contribution in [2.45, 2.75) is 6.42 Å². The third kappa shape index (κ3) is 4.73. The normalized spacial score (nSPS) is 10.8. The molecular weight excluding hydrogens is 412 g/mol. The Hall–Kier alpha value is -4.11. The number of pyridine rings is 1.